The first kappa shape index (κ1) is 12.1. The van der Waals surface area contributed by atoms with Crippen molar-refractivity contribution in [2.24, 2.45) is 5.10 Å². The van der Waals surface area contributed by atoms with E-state index in [2.05, 4.69) is 5.10 Å². The smallest absolute Gasteiger partial charge is 0.272 e. The van der Waals surface area contributed by atoms with E-state index < -0.39 is 29.4 Å². The number of hydrogen-bond donors (Lipinski definition) is 0. The summed E-state index contributed by atoms with van der Waals surface area (Å²) in [6.07, 6.45) is -3.37. The zero-order chi connectivity index (χ0) is 13.3. The molecule has 0 atom stereocenters. The minimum atomic E-state index is -2.85. The number of nitro benzene ring substituents is 1. The molecule has 94 valence electrons. The van der Waals surface area contributed by atoms with Crippen LogP contribution in [-0.2, 0) is 4.79 Å². The number of para-hydroxylation sites is 2. The van der Waals surface area contributed by atoms with Gasteiger partial charge in [-0.2, -0.15) is 10.1 Å². The number of nitrogens with zero attached hydrogens (tertiary/aromatic N) is 3. The third-order valence-electron chi connectivity index (χ3n) is 2.36. The minimum Gasteiger partial charge on any atom is -0.272 e. The lowest BCUT2D eigenvalue weighted by Gasteiger charge is -2.11. The Hall–Kier alpha value is -2.38. The van der Waals surface area contributed by atoms with Gasteiger partial charge in [0.05, 0.1) is 11.3 Å². The zero-order valence-electron chi connectivity index (χ0n) is 8.92. The third kappa shape index (κ3) is 2.04. The predicted octanol–water partition coefficient (Wildman–Crippen LogP) is 1.95. The molecule has 0 saturated heterocycles. The van der Waals surface area contributed by atoms with Gasteiger partial charge >= 0.3 is 0 Å². The summed E-state index contributed by atoms with van der Waals surface area (Å²) < 4.78 is 24.8. The molecule has 8 heteroatoms. The topological polar surface area (TPSA) is 75.8 Å². The molecule has 1 aromatic rings. The molecule has 0 spiro atoms. The van der Waals surface area contributed by atoms with E-state index in [9.17, 15) is 23.7 Å². The average molecular weight is 255 g/mol. The number of anilines is 1. The van der Waals surface area contributed by atoms with Gasteiger partial charge in [0.25, 0.3) is 18.0 Å². The number of nitro groups is 1. The maximum atomic E-state index is 12.4. The van der Waals surface area contributed by atoms with Crippen molar-refractivity contribution in [3.8, 4) is 0 Å². The number of benzene rings is 1. The number of hydrazone groups is 1. The van der Waals surface area contributed by atoms with Gasteiger partial charge in [-0.1, -0.05) is 12.1 Å². The molecule has 0 aliphatic carbocycles. The van der Waals surface area contributed by atoms with E-state index in [1.54, 1.807) is 0 Å². The van der Waals surface area contributed by atoms with Crippen LogP contribution in [0, 0.1) is 10.1 Å². The second-order valence-corrected chi connectivity index (χ2v) is 3.52. The van der Waals surface area contributed by atoms with E-state index in [1.807, 2.05) is 0 Å². The van der Waals surface area contributed by atoms with Gasteiger partial charge in [-0.25, -0.2) is 8.78 Å². The Labute approximate surface area is 99.7 Å². The van der Waals surface area contributed by atoms with Crippen molar-refractivity contribution in [2.45, 2.75) is 12.8 Å². The Balaban J connectivity index is 2.44. The fourth-order valence-corrected chi connectivity index (χ4v) is 1.56. The van der Waals surface area contributed by atoms with E-state index in [0.717, 1.165) is 0 Å². The van der Waals surface area contributed by atoms with Crippen molar-refractivity contribution >= 4 is 23.0 Å². The summed E-state index contributed by atoms with van der Waals surface area (Å²) in [6, 6.07) is 5.35. The Kier molecular flexibility index (Phi) is 3.00. The van der Waals surface area contributed by atoms with Gasteiger partial charge < -0.3 is 0 Å². The van der Waals surface area contributed by atoms with Crippen LogP contribution >= 0.6 is 0 Å². The summed E-state index contributed by atoms with van der Waals surface area (Å²) in [7, 11) is 0. The molecule has 0 unspecified atom stereocenters. The van der Waals surface area contributed by atoms with Gasteiger partial charge in [0, 0.05) is 6.07 Å². The van der Waals surface area contributed by atoms with E-state index >= 15 is 0 Å². The summed E-state index contributed by atoms with van der Waals surface area (Å²) in [5, 5.41) is 14.9. The maximum absolute atomic E-state index is 12.4. The Bertz CT molecular complexity index is 545. The zero-order valence-corrected chi connectivity index (χ0v) is 8.92. The second-order valence-electron chi connectivity index (χ2n) is 3.52. The highest BCUT2D eigenvalue weighted by molar-refractivity contribution is 6.14. The highest BCUT2D eigenvalue weighted by Gasteiger charge is 2.33. The summed E-state index contributed by atoms with van der Waals surface area (Å²) in [5.41, 5.74) is -1.05. The highest BCUT2D eigenvalue weighted by atomic mass is 19.3. The third-order valence-corrected chi connectivity index (χ3v) is 2.36. The highest BCUT2D eigenvalue weighted by Crippen LogP contribution is 2.31. The minimum absolute atomic E-state index is 0.108. The first-order valence-electron chi connectivity index (χ1n) is 4.92. The van der Waals surface area contributed by atoms with Crippen LogP contribution in [0.1, 0.15) is 6.42 Å². The van der Waals surface area contributed by atoms with Gasteiger partial charge in [0.1, 0.15) is 11.4 Å². The summed E-state index contributed by atoms with van der Waals surface area (Å²) in [4.78, 5) is 21.6. The summed E-state index contributed by atoms with van der Waals surface area (Å²) in [5.74, 6) is -0.709. The van der Waals surface area contributed by atoms with Gasteiger partial charge in [0.2, 0.25) is 0 Å². The lowest BCUT2D eigenvalue weighted by molar-refractivity contribution is -0.384. The van der Waals surface area contributed by atoms with Gasteiger partial charge in [-0.05, 0) is 6.07 Å². The second kappa shape index (κ2) is 4.47. The summed E-state index contributed by atoms with van der Waals surface area (Å²) in [6.45, 7) is 0. The van der Waals surface area contributed by atoms with Crippen LogP contribution in [0.2, 0.25) is 0 Å². The van der Waals surface area contributed by atoms with Crippen molar-refractivity contribution in [1.29, 1.82) is 0 Å². The van der Waals surface area contributed by atoms with Crippen LogP contribution in [0.15, 0.2) is 29.4 Å². The fourth-order valence-electron chi connectivity index (χ4n) is 1.56. The number of amides is 1. The SMILES string of the molecule is O=C1CC(C(F)F)=NN1c1ccccc1[N+](=O)[O-]. The molecule has 1 amide bonds. The molecule has 18 heavy (non-hydrogen) atoms. The lowest BCUT2D eigenvalue weighted by atomic mass is 10.2. The van der Waals surface area contributed by atoms with E-state index in [0.29, 0.717) is 5.01 Å². The Morgan fingerprint density at radius 2 is 2.06 bits per heavy atom. The average Bonchev–Trinajstić information content (AvgIpc) is 2.71. The number of carbonyl (C=O) groups is 1. The standard InChI is InChI=1S/C10H7F2N3O3/c11-10(12)6-5-9(16)14(13-6)7-3-1-2-4-8(7)15(17)18/h1-4,10H,5H2. The van der Waals surface area contributed by atoms with E-state index in [-0.39, 0.29) is 11.4 Å². The first-order valence-corrected chi connectivity index (χ1v) is 4.92. The van der Waals surface area contributed by atoms with Gasteiger partial charge in [-0.15, -0.1) is 0 Å². The molecule has 1 aromatic carbocycles. The molecule has 0 N–H and O–H groups in total. The fraction of sp³-hybridized carbons (Fsp3) is 0.200. The number of alkyl halides is 2. The number of hydrogen-bond acceptors (Lipinski definition) is 4. The summed E-state index contributed by atoms with van der Waals surface area (Å²) >= 11 is 0. The molecule has 0 aromatic heterocycles. The van der Waals surface area contributed by atoms with Crippen molar-refractivity contribution in [1.82, 2.24) is 0 Å². The van der Waals surface area contributed by atoms with Crippen LogP contribution < -0.4 is 5.01 Å². The van der Waals surface area contributed by atoms with E-state index in [4.69, 9.17) is 0 Å². The van der Waals surface area contributed by atoms with Crippen LogP contribution in [0.25, 0.3) is 0 Å². The number of carbonyl (C=O) groups excluding carboxylic acids is 1. The molecular formula is C10H7F2N3O3. The molecule has 1 aliphatic heterocycles. The van der Waals surface area contributed by atoms with Crippen LogP contribution in [0.5, 0.6) is 0 Å². The maximum Gasteiger partial charge on any atom is 0.295 e. The van der Waals surface area contributed by atoms with Gasteiger partial charge in [-0.3, -0.25) is 14.9 Å². The molecule has 1 heterocycles. The van der Waals surface area contributed by atoms with Gasteiger partial charge in [0.15, 0.2) is 0 Å². The molecule has 1 aliphatic rings. The predicted molar refractivity (Wildman–Crippen MR) is 58.6 cm³/mol. The molecule has 0 bridgehead atoms. The molecule has 0 fully saturated rings. The molecule has 0 radical (unpaired) electrons. The van der Waals surface area contributed by atoms with Crippen molar-refractivity contribution in [2.75, 3.05) is 5.01 Å². The Morgan fingerprint density at radius 1 is 1.39 bits per heavy atom. The van der Waals surface area contributed by atoms with Crippen molar-refractivity contribution in [3.05, 3.63) is 34.4 Å². The number of rotatable bonds is 3. The van der Waals surface area contributed by atoms with Crippen LogP contribution in [0.3, 0.4) is 0 Å². The quantitative estimate of drug-likeness (QED) is 0.611. The molecular weight excluding hydrogens is 248 g/mol. The van der Waals surface area contributed by atoms with Crippen LogP contribution in [-0.4, -0.2) is 23.0 Å². The monoisotopic (exact) mass is 255 g/mol. The van der Waals surface area contributed by atoms with E-state index in [1.165, 1.54) is 24.3 Å². The first-order chi connectivity index (χ1) is 8.50. The molecule has 6 nitrogen and oxygen atoms in total. The number of halogens is 2. The molecule has 2 rings (SSSR count). The van der Waals surface area contributed by atoms with Crippen LogP contribution in [0.4, 0.5) is 20.2 Å². The van der Waals surface area contributed by atoms with Crippen molar-refractivity contribution < 1.29 is 18.5 Å². The largest absolute Gasteiger partial charge is 0.295 e. The lowest BCUT2D eigenvalue weighted by Crippen LogP contribution is -2.20. The molecule has 0 saturated carbocycles. The van der Waals surface area contributed by atoms with Crippen molar-refractivity contribution in [3.63, 3.8) is 0 Å². The Morgan fingerprint density at radius 3 is 2.61 bits per heavy atom. The normalized spacial score (nSPS) is 15.2.